The van der Waals surface area contributed by atoms with E-state index in [1.165, 1.54) is 29.3 Å². The van der Waals surface area contributed by atoms with E-state index < -0.39 is 32.2 Å². The van der Waals surface area contributed by atoms with Gasteiger partial charge in [-0.1, -0.05) is 6.08 Å². The largest absolute Gasteiger partial charge is 0.501 e. The normalized spacial score (nSPS) is 14.7. The average molecular weight is 417 g/mol. The van der Waals surface area contributed by atoms with E-state index in [0.29, 0.717) is 0 Å². The molecule has 1 heterocycles. The molecule has 0 saturated carbocycles. The molecule has 0 aliphatic carbocycles. The standard InChI is InChI=1S/C17H14F3NO6S/c1-26-15(22)13-5-3-4-10-21(14(13)16(23)27-2)11-6-8-12(9-7-11)28(24,25)17(18,19)20/h3-10H,1-2H3. The fourth-order valence-corrected chi connectivity index (χ4v) is 3.05. The summed E-state index contributed by atoms with van der Waals surface area (Å²) in [5, 5.41) is 0. The molecule has 1 aromatic rings. The summed E-state index contributed by atoms with van der Waals surface area (Å²) in [7, 11) is -3.33. The fraction of sp³-hybridized carbons (Fsp3) is 0.176. The highest BCUT2D eigenvalue weighted by Crippen LogP contribution is 2.32. The lowest BCUT2D eigenvalue weighted by molar-refractivity contribution is -0.139. The van der Waals surface area contributed by atoms with Crippen LogP contribution in [0.3, 0.4) is 0 Å². The van der Waals surface area contributed by atoms with Gasteiger partial charge < -0.3 is 14.4 Å². The summed E-state index contributed by atoms with van der Waals surface area (Å²) < 4.78 is 70.4. The van der Waals surface area contributed by atoms with Crippen LogP contribution in [-0.4, -0.2) is 40.1 Å². The third kappa shape index (κ3) is 3.93. The van der Waals surface area contributed by atoms with Gasteiger partial charge in [-0.25, -0.2) is 18.0 Å². The highest BCUT2D eigenvalue weighted by atomic mass is 32.2. The van der Waals surface area contributed by atoms with Gasteiger partial charge in [0.15, 0.2) is 0 Å². The third-order valence-corrected chi connectivity index (χ3v) is 5.12. The molecule has 7 nitrogen and oxygen atoms in total. The number of ether oxygens (including phenoxy) is 2. The molecule has 0 atom stereocenters. The first-order chi connectivity index (χ1) is 13.0. The quantitative estimate of drug-likeness (QED) is 0.696. The van der Waals surface area contributed by atoms with Crippen molar-refractivity contribution in [2.24, 2.45) is 0 Å². The van der Waals surface area contributed by atoms with Crippen LogP contribution >= 0.6 is 0 Å². The van der Waals surface area contributed by atoms with Gasteiger partial charge in [0, 0.05) is 11.9 Å². The highest BCUT2D eigenvalue weighted by molar-refractivity contribution is 7.92. The van der Waals surface area contributed by atoms with Crippen molar-refractivity contribution in [3.63, 3.8) is 0 Å². The fourth-order valence-electron chi connectivity index (χ4n) is 2.29. The number of carbonyl (C=O) groups is 2. The van der Waals surface area contributed by atoms with Crippen molar-refractivity contribution in [2.75, 3.05) is 19.1 Å². The maximum absolute atomic E-state index is 12.7. The molecule has 0 fully saturated rings. The number of rotatable bonds is 4. The number of hydrogen-bond donors (Lipinski definition) is 0. The van der Waals surface area contributed by atoms with E-state index in [0.717, 1.165) is 38.5 Å². The number of allylic oxidation sites excluding steroid dienone is 2. The second-order valence-electron chi connectivity index (χ2n) is 5.26. The number of nitrogens with zero attached hydrogens (tertiary/aromatic N) is 1. The molecule has 0 N–H and O–H groups in total. The maximum atomic E-state index is 12.7. The van der Waals surface area contributed by atoms with Crippen LogP contribution in [0.25, 0.3) is 0 Å². The Kier molecular flexibility index (Phi) is 5.98. The molecular formula is C17H14F3NO6S. The Hall–Kier alpha value is -3.08. The Balaban J connectivity index is 2.59. The number of carbonyl (C=O) groups excluding carboxylic acids is 2. The van der Waals surface area contributed by atoms with E-state index in [4.69, 9.17) is 0 Å². The molecule has 0 bridgehead atoms. The third-order valence-electron chi connectivity index (χ3n) is 3.62. The maximum Gasteiger partial charge on any atom is 0.501 e. The molecule has 0 amide bonds. The first kappa shape index (κ1) is 21.2. The summed E-state index contributed by atoms with van der Waals surface area (Å²) in [6, 6.07) is 3.62. The Morgan fingerprint density at radius 3 is 2.04 bits per heavy atom. The predicted molar refractivity (Wildman–Crippen MR) is 91.5 cm³/mol. The number of halogens is 3. The van der Waals surface area contributed by atoms with E-state index in [1.807, 2.05) is 0 Å². The van der Waals surface area contributed by atoms with Crippen LogP contribution in [0.15, 0.2) is 64.9 Å². The van der Waals surface area contributed by atoms with Crippen LogP contribution in [0.5, 0.6) is 0 Å². The van der Waals surface area contributed by atoms with E-state index in [9.17, 15) is 31.2 Å². The molecule has 28 heavy (non-hydrogen) atoms. The molecule has 0 unspecified atom stereocenters. The van der Waals surface area contributed by atoms with Crippen LogP contribution < -0.4 is 4.90 Å². The smallest absolute Gasteiger partial charge is 0.465 e. The average Bonchev–Trinajstić information content (AvgIpc) is 2.88. The Labute approximate surface area is 158 Å². The number of anilines is 1. The SMILES string of the molecule is COC(=O)C1=C(C(=O)OC)N(c2ccc(S(=O)(=O)C(F)(F)F)cc2)C=CC=C1. The zero-order valence-corrected chi connectivity index (χ0v) is 15.4. The van der Waals surface area contributed by atoms with Crippen LogP contribution in [0.2, 0.25) is 0 Å². The molecule has 0 spiro atoms. The minimum absolute atomic E-state index is 0.114. The Bertz CT molecular complexity index is 975. The number of sulfone groups is 1. The molecule has 1 aromatic carbocycles. The van der Waals surface area contributed by atoms with Crippen molar-refractivity contribution >= 4 is 27.5 Å². The van der Waals surface area contributed by atoms with Crippen molar-refractivity contribution in [3.8, 4) is 0 Å². The van der Waals surface area contributed by atoms with Crippen molar-refractivity contribution < 1.29 is 40.7 Å². The highest BCUT2D eigenvalue weighted by Gasteiger charge is 2.46. The number of methoxy groups -OCH3 is 2. The lowest BCUT2D eigenvalue weighted by Gasteiger charge is -2.23. The molecule has 11 heteroatoms. The number of hydrogen-bond acceptors (Lipinski definition) is 7. The second kappa shape index (κ2) is 7.89. The first-order valence-corrected chi connectivity index (χ1v) is 8.99. The minimum Gasteiger partial charge on any atom is -0.465 e. The molecule has 2 rings (SSSR count). The van der Waals surface area contributed by atoms with E-state index in [1.54, 1.807) is 0 Å². The van der Waals surface area contributed by atoms with E-state index in [-0.39, 0.29) is 17.0 Å². The summed E-state index contributed by atoms with van der Waals surface area (Å²) in [5.74, 6) is -1.76. The van der Waals surface area contributed by atoms with Crippen molar-refractivity contribution in [3.05, 3.63) is 60.0 Å². The molecular weight excluding hydrogens is 403 g/mol. The van der Waals surface area contributed by atoms with Crippen molar-refractivity contribution in [2.45, 2.75) is 10.4 Å². The van der Waals surface area contributed by atoms with Gasteiger partial charge in [0.05, 0.1) is 24.7 Å². The topological polar surface area (TPSA) is 90.0 Å². The molecule has 1 aliphatic rings. The predicted octanol–water partition coefficient (Wildman–Crippen LogP) is 2.47. The summed E-state index contributed by atoms with van der Waals surface area (Å²) >= 11 is 0. The van der Waals surface area contributed by atoms with Crippen molar-refractivity contribution in [1.82, 2.24) is 0 Å². The van der Waals surface area contributed by atoms with E-state index in [2.05, 4.69) is 9.47 Å². The lowest BCUT2D eigenvalue weighted by Crippen LogP contribution is -2.27. The number of alkyl halides is 3. The first-order valence-electron chi connectivity index (χ1n) is 7.51. The molecule has 0 saturated heterocycles. The number of esters is 2. The van der Waals surface area contributed by atoms with Gasteiger partial charge in [0.2, 0.25) is 0 Å². The van der Waals surface area contributed by atoms with E-state index >= 15 is 0 Å². The molecule has 150 valence electrons. The zero-order valence-electron chi connectivity index (χ0n) is 14.6. The van der Waals surface area contributed by atoms with Crippen LogP contribution in [0.4, 0.5) is 18.9 Å². The second-order valence-corrected chi connectivity index (χ2v) is 7.20. The zero-order chi connectivity index (χ0) is 21.1. The van der Waals surface area contributed by atoms with Gasteiger partial charge in [-0.3, -0.25) is 0 Å². The van der Waals surface area contributed by atoms with Crippen molar-refractivity contribution in [1.29, 1.82) is 0 Å². The minimum atomic E-state index is -5.52. The molecule has 1 aliphatic heterocycles. The van der Waals surface area contributed by atoms with Crippen LogP contribution in [0, 0.1) is 0 Å². The summed E-state index contributed by atoms with van der Waals surface area (Å²) in [6.45, 7) is 0. The Morgan fingerprint density at radius 1 is 0.964 bits per heavy atom. The summed E-state index contributed by atoms with van der Waals surface area (Å²) in [6.07, 6.45) is 5.56. The van der Waals surface area contributed by atoms with Crippen LogP contribution in [0.1, 0.15) is 0 Å². The molecule has 0 aromatic heterocycles. The van der Waals surface area contributed by atoms with Gasteiger partial charge in [0.25, 0.3) is 9.84 Å². The molecule has 0 radical (unpaired) electrons. The van der Waals surface area contributed by atoms with Gasteiger partial charge in [-0.05, 0) is 36.4 Å². The Morgan fingerprint density at radius 2 is 1.54 bits per heavy atom. The lowest BCUT2D eigenvalue weighted by atomic mass is 10.1. The van der Waals surface area contributed by atoms with Gasteiger partial charge >= 0.3 is 17.4 Å². The van der Waals surface area contributed by atoms with Gasteiger partial charge in [0.1, 0.15) is 5.70 Å². The monoisotopic (exact) mass is 417 g/mol. The van der Waals surface area contributed by atoms with Gasteiger partial charge in [-0.2, -0.15) is 13.2 Å². The van der Waals surface area contributed by atoms with Gasteiger partial charge in [-0.15, -0.1) is 0 Å². The summed E-state index contributed by atoms with van der Waals surface area (Å²) in [5.41, 5.74) is -5.75. The van der Waals surface area contributed by atoms with Crippen LogP contribution in [-0.2, 0) is 28.9 Å². The number of benzene rings is 1. The summed E-state index contributed by atoms with van der Waals surface area (Å²) in [4.78, 5) is 24.5.